The molecule has 1 aromatic heterocycles. The zero-order valence-corrected chi connectivity index (χ0v) is 13.4. The van der Waals surface area contributed by atoms with Crippen LogP contribution in [0.2, 0.25) is 0 Å². The van der Waals surface area contributed by atoms with E-state index in [1.165, 1.54) is 6.07 Å². The molecular formula is C15H15BrF2N2O2. The maximum Gasteiger partial charge on any atom is 0.162 e. The van der Waals surface area contributed by atoms with Gasteiger partial charge >= 0.3 is 0 Å². The van der Waals surface area contributed by atoms with Crippen LogP contribution in [0.15, 0.2) is 34.9 Å². The first-order chi connectivity index (χ1) is 10.5. The van der Waals surface area contributed by atoms with Crippen LogP contribution in [0, 0.1) is 18.6 Å². The third-order valence-corrected chi connectivity index (χ3v) is 3.32. The Hall–Kier alpha value is -1.73. The highest BCUT2D eigenvalue weighted by Gasteiger charge is 2.09. The van der Waals surface area contributed by atoms with E-state index in [4.69, 9.17) is 4.74 Å². The van der Waals surface area contributed by atoms with Crippen LogP contribution in [-0.4, -0.2) is 29.3 Å². The molecule has 7 heteroatoms. The van der Waals surface area contributed by atoms with Gasteiger partial charge in [0, 0.05) is 23.3 Å². The van der Waals surface area contributed by atoms with E-state index < -0.39 is 17.7 Å². The van der Waals surface area contributed by atoms with E-state index in [1.54, 1.807) is 6.20 Å². The number of aliphatic hydroxyl groups is 1. The zero-order chi connectivity index (χ0) is 16.1. The molecular weight excluding hydrogens is 358 g/mol. The highest BCUT2D eigenvalue weighted by atomic mass is 79.9. The van der Waals surface area contributed by atoms with Gasteiger partial charge in [-0.15, -0.1) is 0 Å². The number of nitrogens with one attached hydrogen (secondary N) is 1. The molecule has 1 heterocycles. The van der Waals surface area contributed by atoms with Gasteiger partial charge in [0.05, 0.1) is 0 Å². The molecule has 0 aliphatic rings. The van der Waals surface area contributed by atoms with Gasteiger partial charge in [-0.1, -0.05) is 0 Å². The summed E-state index contributed by atoms with van der Waals surface area (Å²) < 4.78 is 31.9. The summed E-state index contributed by atoms with van der Waals surface area (Å²) in [6.45, 7) is 2.07. The normalized spacial score (nSPS) is 12.0. The maximum absolute atomic E-state index is 13.0. The number of nitrogens with zero attached hydrogens (tertiary/aromatic N) is 1. The van der Waals surface area contributed by atoms with Crippen LogP contribution in [0.3, 0.4) is 0 Å². The summed E-state index contributed by atoms with van der Waals surface area (Å²) in [5, 5.41) is 12.8. The number of ether oxygens (including phenoxy) is 1. The van der Waals surface area contributed by atoms with Crippen molar-refractivity contribution >= 4 is 21.7 Å². The molecule has 0 spiro atoms. The zero-order valence-electron chi connectivity index (χ0n) is 11.8. The predicted molar refractivity (Wildman–Crippen MR) is 83.0 cm³/mol. The number of hydrogen-bond donors (Lipinski definition) is 2. The summed E-state index contributed by atoms with van der Waals surface area (Å²) in [6.07, 6.45) is 0.831. The number of aromatic nitrogens is 1. The van der Waals surface area contributed by atoms with Crippen LogP contribution < -0.4 is 10.1 Å². The molecule has 1 atom stereocenters. The average Bonchev–Trinajstić information content (AvgIpc) is 2.47. The fourth-order valence-corrected chi connectivity index (χ4v) is 2.20. The van der Waals surface area contributed by atoms with Gasteiger partial charge in [-0.05, 0) is 46.6 Å². The third-order valence-electron chi connectivity index (χ3n) is 2.88. The van der Waals surface area contributed by atoms with Crippen LogP contribution in [0.25, 0.3) is 0 Å². The molecule has 2 aromatic rings. The minimum absolute atomic E-state index is 0.0480. The summed E-state index contributed by atoms with van der Waals surface area (Å²) in [4.78, 5) is 4.19. The minimum atomic E-state index is -0.986. The lowest BCUT2D eigenvalue weighted by Gasteiger charge is -2.14. The first-order valence-corrected chi connectivity index (χ1v) is 7.37. The Morgan fingerprint density at radius 2 is 2.09 bits per heavy atom. The molecule has 2 N–H and O–H groups in total. The molecule has 0 radical (unpaired) electrons. The molecule has 0 bridgehead atoms. The molecule has 4 nitrogen and oxygen atoms in total. The molecule has 0 amide bonds. The largest absolute Gasteiger partial charge is 0.491 e. The van der Waals surface area contributed by atoms with Crippen molar-refractivity contribution in [1.82, 2.24) is 4.98 Å². The Balaban J connectivity index is 1.82. The molecule has 0 saturated carbocycles. The Bertz CT molecular complexity index is 655. The number of halogens is 3. The molecule has 22 heavy (non-hydrogen) atoms. The Morgan fingerprint density at radius 3 is 2.77 bits per heavy atom. The van der Waals surface area contributed by atoms with E-state index >= 15 is 0 Å². The second kappa shape index (κ2) is 7.51. The number of anilines is 1. The number of hydrogen-bond acceptors (Lipinski definition) is 4. The predicted octanol–water partition coefficient (Wildman–Crippen LogP) is 3.28. The first kappa shape index (κ1) is 16.6. The van der Waals surface area contributed by atoms with Crippen molar-refractivity contribution in [3.8, 4) is 5.75 Å². The Labute approximate surface area is 135 Å². The van der Waals surface area contributed by atoms with E-state index in [2.05, 4.69) is 26.2 Å². The van der Waals surface area contributed by atoms with Gasteiger partial charge in [0.25, 0.3) is 0 Å². The smallest absolute Gasteiger partial charge is 0.162 e. The van der Waals surface area contributed by atoms with Crippen LogP contribution in [-0.2, 0) is 0 Å². The maximum atomic E-state index is 13.0. The van der Waals surface area contributed by atoms with E-state index in [-0.39, 0.29) is 18.9 Å². The molecule has 0 fully saturated rings. The van der Waals surface area contributed by atoms with E-state index in [0.29, 0.717) is 5.82 Å². The number of pyridine rings is 1. The van der Waals surface area contributed by atoms with Crippen molar-refractivity contribution in [3.05, 3.63) is 52.1 Å². The summed E-state index contributed by atoms with van der Waals surface area (Å²) in [5.41, 5.74) is 0.933. The molecule has 0 aliphatic carbocycles. The average molecular weight is 373 g/mol. The van der Waals surface area contributed by atoms with Crippen molar-refractivity contribution in [1.29, 1.82) is 0 Å². The molecule has 0 aliphatic heterocycles. The number of aryl methyl sites for hydroxylation is 1. The molecule has 0 saturated heterocycles. The number of aliphatic hydroxyl groups excluding tert-OH is 1. The van der Waals surface area contributed by atoms with Gasteiger partial charge in [0.15, 0.2) is 11.6 Å². The topological polar surface area (TPSA) is 54.4 Å². The molecule has 2 rings (SSSR count). The van der Waals surface area contributed by atoms with Gasteiger partial charge in [0.2, 0.25) is 0 Å². The molecule has 118 valence electrons. The van der Waals surface area contributed by atoms with Gasteiger partial charge in [0.1, 0.15) is 24.3 Å². The lowest BCUT2D eigenvalue weighted by molar-refractivity contribution is 0.117. The number of rotatable bonds is 6. The Morgan fingerprint density at radius 1 is 1.32 bits per heavy atom. The van der Waals surface area contributed by atoms with E-state index in [9.17, 15) is 13.9 Å². The summed E-state index contributed by atoms with van der Waals surface area (Å²) >= 11 is 3.32. The highest BCUT2D eigenvalue weighted by molar-refractivity contribution is 9.10. The monoisotopic (exact) mass is 372 g/mol. The SMILES string of the molecule is Cc1cc(Br)cnc1NCC(O)COc1ccc(F)c(F)c1. The van der Waals surface area contributed by atoms with Crippen LogP contribution in [0.4, 0.5) is 14.6 Å². The van der Waals surface area contributed by atoms with E-state index in [0.717, 1.165) is 22.2 Å². The highest BCUT2D eigenvalue weighted by Crippen LogP contribution is 2.17. The lowest BCUT2D eigenvalue weighted by atomic mass is 10.3. The van der Waals surface area contributed by atoms with Gasteiger partial charge in [-0.2, -0.15) is 0 Å². The van der Waals surface area contributed by atoms with Gasteiger partial charge < -0.3 is 15.2 Å². The standard InChI is InChI=1S/C15H15BrF2N2O2/c1-9-4-10(16)6-19-15(9)20-7-11(21)8-22-12-2-3-13(17)14(18)5-12/h2-6,11,21H,7-8H2,1H3,(H,19,20). The van der Waals surface area contributed by atoms with Crippen LogP contribution >= 0.6 is 15.9 Å². The van der Waals surface area contributed by atoms with Gasteiger partial charge in [-0.3, -0.25) is 0 Å². The number of benzene rings is 1. The van der Waals surface area contributed by atoms with Crippen molar-refractivity contribution in [2.75, 3.05) is 18.5 Å². The van der Waals surface area contributed by atoms with Crippen molar-refractivity contribution < 1.29 is 18.6 Å². The first-order valence-electron chi connectivity index (χ1n) is 6.57. The fourth-order valence-electron chi connectivity index (χ4n) is 1.76. The second-order valence-corrected chi connectivity index (χ2v) is 5.66. The van der Waals surface area contributed by atoms with Crippen LogP contribution in [0.5, 0.6) is 5.75 Å². The van der Waals surface area contributed by atoms with E-state index in [1.807, 2.05) is 13.0 Å². The molecule has 1 aromatic carbocycles. The lowest BCUT2D eigenvalue weighted by Crippen LogP contribution is -2.26. The van der Waals surface area contributed by atoms with Crippen molar-refractivity contribution in [3.63, 3.8) is 0 Å². The van der Waals surface area contributed by atoms with Crippen LogP contribution in [0.1, 0.15) is 5.56 Å². The van der Waals surface area contributed by atoms with Gasteiger partial charge in [-0.25, -0.2) is 13.8 Å². The summed E-state index contributed by atoms with van der Waals surface area (Å²) in [6, 6.07) is 5.12. The minimum Gasteiger partial charge on any atom is -0.491 e. The summed E-state index contributed by atoms with van der Waals surface area (Å²) in [7, 11) is 0. The second-order valence-electron chi connectivity index (χ2n) is 4.74. The summed E-state index contributed by atoms with van der Waals surface area (Å²) in [5.74, 6) is -1.10. The molecule has 1 unspecified atom stereocenters. The third kappa shape index (κ3) is 4.64. The van der Waals surface area contributed by atoms with Crippen molar-refractivity contribution in [2.24, 2.45) is 0 Å². The fraction of sp³-hybridized carbons (Fsp3) is 0.267. The van der Waals surface area contributed by atoms with Crippen molar-refractivity contribution in [2.45, 2.75) is 13.0 Å². The Kier molecular flexibility index (Phi) is 5.68. The quantitative estimate of drug-likeness (QED) is 0.816.